The Kier molecular flexibility index (Phi) is 3.28. The van der Waals surface area contributed by atoms with Gasteiger partial charge in [-0.15, -0.1) is 0 Å². The third kappa shape index (κ3) is 2.11. The molecule has 3 aromatic rings. The van der Waals surface area contributed by atoms with Gasteiger partial charge in [-0.1, -0.05) is 41.4 Å². The second-order valence-corrected chi connectivity index (χ2v) is 5.28. The molecule has 0 saturated heterocycles. The second-order valence-electron chi connectivity index (χ2n) is 4.48. The van der Waals surface area contributed by atoms with Crippen LogP contribution in [-0.4, -0.2) is 14.3 Å². The molecule has 0 unspecified atom stereocenters. The zero-order valence-electron chi connectivity index (χ0n) is 10.7. The summed E-state index contributed by atoms with van der Waals surface area (Å²) in [6.45, 7) is 0.461. The Morgan fingerprint density at radius 3 is 2.65 bits per heavy atom. The quantitative estimate of drug-likeness (QED) is 0.683. The highest BCUT2D eigenvalue weighted by molar-refractivity contribution is 6.31. The van der Waals surface area contributed by atoms with Crippen molar-refractivity contribution >= 4 is 34.2 Å². The van der Waals surface area contributed by atoms with Crippen LogP contribution in [0.2, 0.25) is 10.2 Å². The molecule has 3 rings (SSSR count). The van der Waals surface area contributed by atoms with Crippen molar-refractivity contribution in [3.8, 4) is 0 Å². The highest BCUT2D eigenvalue weighted by atomic mass is 35.5. The minimum Gasteiger partial charge on any atom is -0.267 e. The highest BCUT2D eigenvalue weighted by Gasteiger charge is 2.13. The molecule has 0 saturated carbocycles. The van der Waals surface area contributed by atoms with Crippen molar-refractivity contribution < 1.29 is 0 Å². The van der Waals surface area contributed by atoms with Crippen LogP contribution in [0.3, 0.4) is 0 Å². The molecule has 0 fully saturated rings. The molecule has 0 bridgehead atoms. The first-order valence-electron chi connectivity index (χ1n) is 6.03. The van der Waals surface area contributed by atoms with E-state index in [2.05, 4.69) is 4.98 Å². The summed E-state index contributed by atoms with van der Waals surface area (Å²) in [6.07, 6.45) is 0. The summed E-state index contributed by atoms with van der Waals surface area (Å²) in [4.78, 5) is 16.4. The van der Waals surface area contributed by atoms with Gasteiger partial charge in [0.2, 0.25) is 0 Å². The number of rotatable bonds is 2. The first-order valence-corrected chi connectivity index (χ1v) is 6.79. The van der Waals surface area contributed by atoms with Gasteiger partial charge in [0.25, 0.3) is 5.56 Å². The zero-order valence-corrected chi connectivity index (χ0v) is 12.2. The van der Waals surface area contributed by atoms with Crippen molar-refractivity contribution in [2.24, 2.45) is 7.05 Å². The van der Waals surface area contributed by atoms with Crippen molar-refractivity contribution in [1.29, 1.82) is 0 Å². The summed E-state index contributed by atoms with van der Waals surface area (Å²) in [5.41, 5.74) is 1.38. The maximum absolute atomic E-state index is 12.2. The summed E-state index contributed by atoms with van der Waals surface area (Å²) in [7, 11) is 1.70. The lowest BCUT2D eigenvalue weighted by Gasteiger charge is -2.09. The van der Waals surface area contributed by atoms with E-state index in [-0.39, 0.29) is 5.56 Å². The number of pyridine rings is 1. The minimum absolute atomic E-state index is 0.101. The molecule has 4 nitrogen and oxygen atoms in total. The Morgan fingerprint density at radius 1 is 1.15 bits per heavy atom. The van der Waals surface area contributed by atoms with Crippen LogP contribution in [0.1, 0.15) is 5.56 Å². The summed E-state index contributed by atoms with van der Waals surface area (Å²) in [5.74, 6) is 0. The van der Waals surface area contributed by atoms with Crippen LogP contribution in [0.15, 0.2) is 41.2 Å². The summed E-state index contributed by atoms with van der Waals surface area (Å²) in [5, 5.41) is 1.56. The number of benzene rings is 1. The minimum atomic E-state index is -0.101. The Balaban J connectivity index is 2.21. The van der Waals surface area contributed by atoms with Crippen molar-refractivity contribution in [2.45, 2.75) is 6.54 Å². The number of hydrogen-bond donors (Lipinski definition) is 0. The Morgan fingerprint density at radius 2 is 1.90 bits per heavy atom. The van der Waals surface area contributed by atoms with Crippen LogP contribution in [0.5, 0.6) is 0 Å². The van der Waals surface area contributed by atoms with Crippen molar-refractivity contribution in [3.05, 3.63) is 62.5 Å². The Labute approximate surface area is 125 Å². The lowest BCUT2D eigenvalue weighted by atomic mass is 10.2. The van der Waals surface area contributed by atoms with Crippen LogP contribution in [0.25, 0.3) is 11.0 Å². The van der Waals surface area contributed by atoms with Gasteiger partial charge in [0.1, 0.15) is 5.15 Å². The van der Waals surface area contributed by atoms with Gasteiger partial charge in [-0.05, 0) is 23.8 Å². The van der Waals surface area contributed by atoms with Crippen molar-refractivity contribution in [1.82, 2.24) is 14.3 Å². The average Bonchev–Trinajstić information content (AvgIpc) is 2.66. The smallest absolute Gasteiger partial charge is 0.267 e. The predicted octanol–water partition coefficient (Wildman–Crippen LogP) is 3.09. The van der Waals surface area contributed by atoms with E-state index in [1.165, 1.54) is 4.68 Å². The number of hydrogen-bond acceptors (Lipinski definition) is 2. The van der Waals surface area contributed by atoms with Crippen LogP contribution in [0, 0.1) is 0 Å². The van der Waals surface area contributed by atoms with Crippen LogP contribution >= 0.6 is 23.2 Å². The lowest BCUT2D eigenvalue weighted by Crippen LogP contribution is -2.19. The molecule has 1 aromatic carbocycles. The van der Waals surface area contributed by atoms with E-state index in [1.54, 1.807) is 23.9 Å². The van der Waals surface area contributed by atoms with Crippen LogP contribution in [0.4, 0.5) is 0 Å². The van der Waals surface area contributed by atoms with Gasteiger partial charge in [0.15, 0.2) is 5.65 Å². The highest BCUT2D eigenvalue weighted by Crippen LogP contribution is 2.19. The number of fused-ring (bicyclic) bond motifs is 1. The monoisotopic (exact) mass is 307 g/mol. The molecule has 0 spiro atoms. The molecule has 102 valence electrons. The fourth-order valence-electron chi connectivity index (χ4n) is 2.18. The van der Waals surface area contributed by atoms with Gasteiger partial charge in [0, 0.05) is 12.1 Å². The third-order valence-corrected chi connectivity index (χ3v) is 3.83. The van der Waals surface area contributed by atoms with E-state index in [1.807, 2.05) is 24.3 Å². The Bertz CT molecular complexity index is 851. The van der Waals surface area contributed by atoms with Crippen LogP contribution < -0.4 is 5.56 Å². The zero-order chi connectivity index (χ0) is 14.3. The first kappa shape index (κ1) is 13.2. The van der Waals surface area contributed by atoms with Gasteiger partial charge in [-0.25, -0.2) is 4.98 Å². The average molecular weight is 308 g/mol. The topological polar surface area (TPSA) is 39.8 Å². The molecule has 0 aliphatic rings. The van der Waals surface area contributed by atoms with Crippen molar-refractivity contribution in [3.63, 3.8) is 0 Å². The van der Waals surface area contributed by atoms with E-state index in [0.29, 0.717) is 27.8 Å². The maximum Gasteiger partial charge on any atom is 0.275 e. The normalized spacial score (nSPS) is 11.2. The summed E-state index contributed by atoms with van der Waals surface area (Å²) >= 11 is 12.1. The van der Waals surface area contributed by atoms with E-state index < -0.39 is 0 Å². The molecular formula is C14H11Cl2N3O. The largest absolute Gasteiger partial charge is 0.275 e. The molecule has 0 N–H and O–H groups in total. The maximum atomic E-state index is 12.2. The number of nitrogens with zero attached hydrogens (tertiary/aromatic N) is 3. The molecule has 20 heavy (non-hydrogen) atoms. The third-order valence-electron chi connectivity index (χ3n) is 3.25. The number of halogens is 2. The lowest BCUT2D eigenvalue weighted by molar-refractivity contribution is 0.550. The molecule has 0 radical (unpaired) electrons. The van der Waals surface area contributed by atoms with E-state index in [0.717, 1.165) is 5.56 Å². The molecule has 0 aliphatic heterocycles. The van der Waals surface area contributed by atoms with E-state index in [4.69, 9.17) is 23.2 Å². The molecular weight excluding hydrogens is 297 g/mol. The van der Waals surface area contributed by atoms with Gasteiger partial charge >= 0.3 is 0 Å². The van der Waals surface area contributed by atoms with Gasteiger partial charge in [-0.2, -0.15) is 0 Å². The summed E-state index contributed by atoms with van der Waals surface area (Å²) < 4.78 is 3.29. The fraction of sp³-hybridized carbons (Fsp3) is 0.143. The van der Waals surface area contributed by atoms with Gasteiger partial charge in [0.05, 0.1) is 11.9 Å². The van der Waals surface area contributed by atoms with Crippen LogP contribution in [-0.2, 0) is 13.6 Å². The molecule has 0 aliphatic carbocycles. The van der Waals surface area contributed by atoms with E-state index >= 15 is 0 Å². The molecule has 6 heteroatoms. The molecule has 2 heterocycles. The fourth-order valence-corrected chi connectivity index (χ4v) is 2.52. The molecule has 0 atom stereocenters. The standard InChI is InChI=1S/C14H11Cl2N3O/c1-18-14(20)10-6-7-12(16)17-13(10)19(18)8-9-4-2-3-5-11(9)15/h2-7H,8H2,1H3. The van der Waals surface area contributed by atoms with E-state index in [9.17, 15) is 4.79 Å². The SMILES string of the molecule is Cn1c(=O)c2ccc(Cl)nc2n1Cc1ccccc1Cl. The predicted molar refractivity (Wildman–Crippen MR) is 80.5 cm³/mol. The molecule has 2 aromatic heterocycles. The van der Waals surface area contributed by atoms with Gasteiger partial charge in [-0.3, -0.25) is 14.2 Å². The Hall–Kier alpha value is -1.78. The molecule has 0 amide bonds. The second kappa shape index (κ2) is 4.96. The summed E-state index contributed by atoms with van der Waals surface area (Å²) in [6, 6.07) is 10.8. The van der Waals surface area contributed by atoms with Gasteiger partial charge < -0.3 is 0 Å². The van der Waals surface area contributed by atoms with Crippen molar-refractivity contribution in [2.75, 3.05) is 0 Å². The number of aromatic nitrogens is 3. The first-order chi connectivity index (χ1) is 9.58.